The summed E-state index contributed by atoms with van der Waals surface area (Å²) < 4.78 is 5.26. The maximum atomic E-state index is 11.8. The molecule has 1 unspecified atom stereocenters. The number of nitrogens with one attached hydrogen (secondary N) is 1. The Kier molecular flexibility index (Phi) is 5.20. The van der Waals surface area contributed by atoms with Crippen molar-refractivity contribution in [1.29, 1.82) is 0 Å². The van der Waals surface area contributed by atoms with Crippen LogP contribution in [-0.4, -0.2) is 41.6 Å². The molecular weight excluding hydrogens is 244 g/mol. The van der Waals surface area contributed by atoms with E-state index in [9.17, 15) is 9.59 Å². The zero-order chi connectivity index (χ0) is 14.6. The zero-order valence-electron chi connectivity index (χ0n) is 12.7. The molecule has 1 saturated heterocycles. The van der Waals surface area contributed by atoms with Crippen molar-refractivity contribution in [3.05, 3.63) is 0 Å². The van der Waals surface area contributed by atoms with Gasteiger partial charge in [-0.25, -0.2) is 4.79 Å². The highest BCUT2D eigenvalue weighted by Gasteiger charge is 2.27. The first kappa shape index (κ1) is 15.8. The van der Waals surface area contributed by atoms with Crippen molar-refractivity contribution in [2.24, 2.45) is 5.92 Å². The molecule has 0 saturated carbocycles. The highest BCUT2D eigenvalue weighted by molar-refractivity contribution is 5.78. The van der Waals surface area contributed by atoms with Crippen LogP contribution in [0.1, 0.15) is 47.5 Å². The van der Waals surface area contributed by atoms with Crippen LogP contribution < -0.4 is 5.32 Å². The first-order chi connectivity index (χ1) is 8.69. The van der Waals surface area contributed by atoms with Crippen molar-refractivity contribution in [2.45, 2.75) is 59.1 Å². The summed E-state index contributed by atoms with van der Waals surface area (Å²) in [6, 6.07) is -0.0723. The van der Waals surface area contributed by atoms with Crippen LogP contribution in [0.4, 0.5) is 4.79 Å². The van der Waals surface area contributed by atoms with Crippen molar-refractivity contribution in [1.82, 2.24) is 10.2 Å². The second kappa shape index (κ2) is 6.26. The van der Waals surface area contributed by atoms with Crippen LogP contribution in [0.2, 0.25) is 0 Å². The van der Waals surface area contributed by atoms with E-state index in [0.717, 1.165) is 13.0 Å². The van der Waals surface area contributed by atoms with Crippen LogP contribution in [0.15, 0.2) is 0 Å². The second-order valence-electron chi connectivity index (χ2n) is 6.44. The Morgan fingerprint density at radius 1 is 1.42 bits per heavy atom. The molecule has 1 rings (SSSR count). The number of likely N-dealkylation sites (tertiary alicyclic amines) is 1. The highest BCUT2D eigenvalue weighted by Crippen LogP contribution is 2.14. The van der Waals surface area contributed by atoms with Crippen molar-refractivity contribution in [2.75, 3.05) is 13.1 Å². The number of amides is 2. The number of hydrogen-bond donors (Lipinski definition) is 1. The van der Waals surface area contributed by atoms with Gasteiger partial charge in [0.25, 0.3) is 0 Å². The van der Waals surface area contributed by atoms with E-state index in [0.29, 0.717) is 13.0 Å². The number of hydrogen-bond acceptors (Lipinski definition) is 3. The summed E-state index contributed by atoms with van der Waals surface area (Å²) in [4.78, 5) is 25.2. The molecule has 0 radical (unpaired) electrons. The Morgan fingerprint density at radius 3 is 2.47 bits per heavy atom. The van der Waals surface area contributed by atoms with Crippen LogP contribution >= 0.6 is 0 Å². The molecule has 1 aliphatic heterocycles. The van der Waals surface area contributed by atoms with E-state index in [1.807, 2.05) is 39.5 Å². The molecule has 0 bridgehead atoms. The monoisotopic (exact) mass is 270 g/mol. The highest BCUT2D eigenvalue weighted by atomic mass is 16.6. The van der Waals surface area contributed by atoms with Crippen molar-refractivity contribution in [3.8, 4) is 0 Å². The summed E-state index contributed by atoms with van der Waals surface area (Å²) in [5.41, 5.74) is -0.505. The lowest BCUT2D eigenvalue weighted by Gasteiger charge is -2.29. The lowest BCUT2D eigenvalue weighted by atomic mass is 10.0. The van der Waals surface area contributed by atoms with Gasteiger partial charge in [0.15, 0.2) is 0 Å². The van der Waals surface area contributed by atoms with Crippen LogP contribution in [0.5, 0.6) is 0 Å². The molecule has 19 heavy (non-hydrogen) atoms. The number of nitrogens with zero attached hydrogens (tertiary/aromatic N) is 1. The number of ether oxygens (including phenoxy) is 1. The van der Waals surface area contributed by atoms with Gasteiger partial charge in [-0.15, -0.1) is 0 Å². The first-order valence-corrected chi connectivity index (χ1v) is 6.96. The maximum absolute atomic E-state index is 11.8. The fraction of sp³-hybridized carbons (Fsp3) is 0.857. The molecule has 110 valence electrons. The third kappa shape index (κ3) is 5.49. The quantitative estimate of drug-likeness (QED) is 0.851. The van der Waals surface area contributed by atoms with E-state index in [1.54, 1.807) is 0 Å². The number of alkyl carbamates (subject to hydrolysis) is 1. The average molecular weight is 270 g/mol. The molecule has 0 aromatic carbocycles. The van der Waals surface area contributed by atoms with Crippen molar-refractivity contribution >= 4 is 12.0 Å². The fourth-order valence-electron chi connectivity index (χ4n) is 2.02. The largest absolute Gasteiger partial charge is 0.444 e. The van der Waals surface area contributed by atoms with Gasteiger partial charge in [0.1, 0.15) is 5.60 Å². The van der Waals surface area contributed by atoms with Crippen LogP contribution in [-0.2, 0) is 9.53 Å². The smallest absolute Gasteiger partial charge is 0.407 e. The van der Waals surface area contributed by atoms with Gasteiger partial charge in [-0.05, 0) is 33.1 Å². The molecule has 1 heterocycles. The summed E-state index contributed by atoms with van der Waals surface area (Å²) in [7, 11) is 0. The van der Waals surface area contributed by atoms with E-state index >= 15 is 0 Å². The molecule has 1 N–H and O–H groups in total. The van der Waals surface area contributed by atoms with E-state index in [2.05, 4.69) is 5.32 Å². The van der Waals surface area contributed by atoms with E-state index in [-0.39, 0.29) is 17.9 Å². The van der Waals surface area contributed by atoms with E-state index < -0.39 is 11.7 Å². The SMILES string of the molecule is CC(C)C(CN1CCCC1=O)NC(=O)OC(C)(C)C. The Balaban J connectivity index is 2.53. The van der Waals surface area contributed by atoms with E-state index in [1.165, 1.54) is 0 Å². The molecule has 2 amide bonds. The molecule has 1 atom stereocenters. The number of carbonyl (C=O) groups is 2. The minimum absolute atomic E-state index is 0.0723. The lowest BCUT2D eigenvalue weighted by molar-refractivity contribution is -0.128. The third-order valence-electron chi connectivity index (χ3n) is 3.10. The molecular formula is C14H26N2O3. The Bertz CT molecular complexity index is 334. The van der Waals surface area contributed by atoms with Crippen molar-refractivity contribution < 1.29 is 14.3 Å². The van der Waals surface area contributed by atoms with Crippen LogP contribution in [0, 0.1) is 5.92 Å². The summed E-state index contributed by atoms with van der Waals surface area (Å²) in [6.07, 6.45) is 1.12. The molecule has 0 aromatic rings. The lowest BCUT2D eigenvalue weighted by Crippen LogP contribution is -2.48. The van der Waals surface area contributed by atoms with Crippen LogP contribution in [0.25, 0.3) is 0 Å². The first-order valence-electron chi connectivity index (χ1n) is 6.96. The minimum Gasteiger partial charge on any atom is -0.444 e. The Hall–Kier alpha value is -1.26. The van der Waals surface area contributed by atoms with Gasteiger partial charge in [0, 0.05) is 19.5 Å². The van der Waals surface area contributed by atoms with Crippen molar-refractivity contribution in [3.63, 3.8) is 0 Å². The average Bonchev–Trinajstić information content (AvgIpc) is 2.60. The Morgan fingerprint density at radius 2 is 2.05 bits per heavy atom. The fourth-order valence-corrected chi connectivity index (χ4v) is 2.02. The number of carbonyl (C=O) groups excluding carboxylic acids is 2. The summed E-state index contributed by atoms with van der Waals surface area (Å²) in [5.74, 6) is 0.428. The van der Waals surface area contributed by atoms with Gasteiger partial charge in [-0.1, -0.05) is 13.8 Å². The third-order valence-corrected chi connectivity index (χ3v) is 3.10. The molecule has 1 aliphatic rings. The van der Waals surface area contributed by atoms with Crippen LogP contribution in [0.3, 0.4) is 0 Å². The molecule has 0 aromatic heterocycles. The minimum atomic E-state index is -0.505. The van der Waals surface area contributed by atoms with E-state index in [4.69, 9.17) is 4.74 Å². The molecule has 0 aliphatic carbocycles. The second-order valence-corrected chi connectivity index (χ2v) is 6.44. The zero-order valence-corrected chi connectivity index (χ0v) is 12.7. The predicted octanol–water partition coefficient (Wildman–Crippen LogP) is 2.16. The van der Waals surface area contributed by atoms with Gasteiger partial charge in [-0.2, -0.15) is 0 Å². The predicted molar refractivity (Wildman–Crippen MR) is 73.8 cm³/mol. The molecule has 0 spiro atoms. The normalized spacial score (nSPS) is 17.8. The van der Waals surface area contributed by atoms with Gasteiger partial charge in [0.05, 0.1) is 6.04 Å². The van der Waals surface area contributed by atoms with Gasteiger partial charge in [-0.3, -0.25) is 4.79 Å². The molecule has 1 fully saturated rings. The summed E-state index contributed by atoms with van der Waals surface area (Å²) in [6.45, 7) is 10.9. The standard InChI is InChI=1S/C14H26N2O3/c1-10(2)11(9-16-8-6-7-12(16)17)15-13(18)19-14(3,4)5/h10-11H,6-9H2,1-5H3,(H,15,18). The molecule has 5 nitrogen and oxygen atoms in total. The summed E-state index contributed by atoms with van der Waals surface area (Å²) >= 11 is 0. The topological polar surface area (TPSA) is 58.6 Å². The summed E-state index contributed by atoms with van der Waals surface area (Å²) in [5, 5.41) is 2.87. The number of rotatable bonds is 4. The maximum Gasteiger partial charge on any atom is 0.407 e. The van der Waals surface area contributed by atoms with Gasteiger partial charge < -0.3 is 15.0 Å². The van der Waals surface area contributed by atoms with Gasteiger partial charge in [0.2, 0.25) is 5.91 Å². The van der Waals surface area contributed by atoms with Gasteiger partial charge >= 0.3 is 6.09 Å². The Labute approximate surface area is 115 Å². The molecule has 5 heteroatoms.